The van der Waals surface area contributed by atoms with Crippen LogP contribution in [-0.2, 0) is 17.7 Å². The van der Waals surface area contributed by atoms with E-state index in [4.69, 9.17) is 15.1 Å². The lowest BCUT2D eigenvalue weighted by Crippen LogP contribution is -2.17. The van der Waals surface area contributed by atoms with Gasteiger partial charge in [0.15, 0.2) is 11.5 Å². The molecule has 0 spiro atoms. The number of amidine groups is 1. The fourth-order valence-electron chi connectivity index (χ4n) is 2.53. The van der Waals surface area contributed by atoms with Gasteiger partial charge in [0.25, 0.3) is 0 Å². The van der Waals surface area contributed by atoms with Gasteiger partial charge in [0.05, 0.1) is 0 Å². The summed E-state index contributed by atoms with van der Waals surface area (Å²) < 4.78 is 5.22. The number of oxime groups is 1. The molecule has 0 saturated heterocycles. The Labute approximate surface area is 127 Å². The second-order valence-electron chi connectivity index (χ2n) is 5.50. The molecule has 0 saturated carbocycles. The van der Waals surface area contributed by atoms with Crippen molar-refractivity contribution in [3.05, 3.63) is 52.9 Å². The molecule has 3 rings (SSSR count). The number of hydrogen-bond donors (Lipinski definition) is 1. The SMILES string of the molecule is CC1CCc2onc(C(=O)O/N=C(\N)c3ccccc3)c2C1. The van der Waals surface area contributed by atoms with E-state index in [2.05, 4.69) is 17.2 Å². The van der Waals surface area contributed by atoms with Crippen LogP contribution in [0.2, 0.25) is 0 Å². The molecule has 0 radical (unpaired) electrons. The third-order valence-electron chi connectivity index (χ3n) is 3.78. The number of hydrogen-bond acceptors (Lipinski definition) is 5. The number of aromatic nitrogens is 1. The van der Waals surface area contributed by atoms with E-state index in [0.717, 1.165) is 30.6 Å². The molecule has 1 aliphatic carbocycles. The van der Waals surface area contributed by atoms with Crippen LogP contribution in [0.1, 0.15) is 40.7 Å². The summed E-state index contributed by atoms with van der Waals surface area (Å²) in [5, 5.41) is 7.50. The second kappa shape index (κ2) is 6.01. The molecule has 1 heterocycles. The summed E-state index contributed by atoms with van der Waals surface area (Å²) in [7, 11) is 0. The molecular formula is C16H17N3O3. The highest BCUT2D eigenvalue weighted by Crippen LogP contribution is 2.28. The van der Waals surface area contributed by atoms with Gasteiger partial charge in [0.2, 0.25) is 0 Å². The monoisotopic (exact) mass is 299 g/mol. The van der Waals surface area contributed by atoms with Crippen LogP contribution in [0.5, 0.6) is 0 Å². The Bertz CT molecular complexity index is 707. The molecule has 6 nitrogen and oxygen atoms in total. The maximum Gasteiger partial charge on any atom is 0.387 e. The van der Waals surface area contributed by atoms with Crippen molar-refractivity contribution in [3.63, 3.8) is 0 Å². The number of nitrogens with zero attached hydrogens (tertiary/aromatic N) is 2. The number of fused-ring (bicyclic) bond motifs is 1. The Kier molecular flexibility index (Phi) is 3.91. The lowest BCUT2D eigenvalue weighted by atomic mass is 9.88. The first-order chi connectivity index (χ1) is 10.6. The van der Waals surface area contributed by atoms with E-state index >= 15 is 0 Å². The van der Waals surface area contributed by atoms with Crippen molar-refractivity contribution in [1.29, 1.82) is 0 Å². The Morgan fingerprint density at radius 3 is 2.95 bits per heavy atom. The average Bonchev–Trinajstić information content (AvgIpc) is 2.96. The van der Waals surface area contributed by atoms with Crippen LogP contribution in [0.15, 0.2) is 40.0 Å². The van der Waals surface area contributed by atoms with E-state index in [1.54, 1.807) is 12.1 Å². The Morgan fingerprint density at radius 1 is 1.41 bits per heavy atom. The molecule has 1 atom stereocenters. The van der Waals surface area contributed by atoms with Gasteiger partial charge >= 0.3 is 5.97 Å². The van der Waals surface area contributed by atoms with Crippen molar-refractivity contribution < 1.29 is 14.2 Å². The summed E-state index contributed by atoms with van der Waals surface area (Å²) in [4.78, 5) is 17.0. The summed E-state index contributed by atoms with van der Waals surface area (Å²) >= 11 is 0. The first kappa shape index (κ1) is 14.3. The van der Waals surface area contributed by atoms with Gasteiger partial charge < -0.3 is 15.1 Å². The molecule has 22 heavy (non-hydrogen) atoms. The zero-order valence-corrected chi connectivity index (χ0v) is 12.3. The molecule has 114 valence electrons. The molecule has 0 bridgehead atoms. The number of carbonyl (C=O) groups is 1. The predicted octanol–water partition coefficient (Wildman–Crippen LogP) is 2.28. The molecule has 1 aliphatic rings. The van der Waals surface area contributed by atoms with Crippen LogP contribution in [-0.4, -0.2) is 17.0 Å². The third kappa shape index (κ3) is 2.86. The van der Waals surface area contributed by atoms with Gasteiger partial charge in [-0.3, -0.25) is 0 Å². The van der Waals surface area contributed by atoms with Gasteiger partial charge in [-0.1, -0.05) is 47.6 Å². The van der Waals surface area contributed by atoms with Crippen molar-refractivity contribution >= 4 is 11.8 Å². The van der Waals surface area contributed by atoms with Crippen molar-refractivity contribution in [2.45, 2.75) is 26.2 Å². The largest absolute Gasteiger partial charge is 0.387 e. The molecule has 2 aromatic rings. The Hall–Kier alpha value is -2.63. The van der Waals surface area contributed by atoms with Gasteiger partial charge in [-0.2, -0.15) is 0 Å². The van der Waals surface area contributed by atoms with Crippen molar-refractivity contribution in [2.75, 3.05) is 0 Å². The van der Waals surface area contributed by atoms with E-state index in [1.165, 1.54) is 0 Å². The van der Waals surface area contributed by atoms with Crippen LogP contribution in [0, 0.1) is 5.92 Å². The Balaban J connectivity index is 1.74. The van der Waals surface area contributed by atoms with Crippen molar-refractivity contribution in [1.82, 2.24) is 5.16 Å². The number of carbonyl (C=O) groups excluding carboxylic acids is 1. The summed E-state index contributed by atoms with van der Waals surface area (Å²) in [6, 6.07) is 9.09. The first-order valence-corrected chi connectivity index (χ1v) is 7.23. The Morgan fingerprint density at radius 2 is 2.18 bits per heavy atom. The van der Waals surface area contributed by atoms with Crippen LogP contribution < -0.4 is 5.73 Å². The normalized spacial score (nSPS) is 17.9. The molecule has 2 N–H and O–H groups in total. The van der Waals surface area contributed by atoms with Crippen LogP contribution >= 0.6 is 0 Å². The van der Waals surface area contributed by atoms with E-state index in [0.29, 0.717) is 11.5 Å². The topological polar surface area (TPSA) is 90.7 Å². The lowest BCUT2D eigenvalue weighted by molar-refractivity contribution is 0.0503. The third-order valence-corrected chi connectivity index (χ3v) is 3.78. The van der Waals surface area contributed by atoms with E-state index in [1.807, 2.05) is 18.2 Å². The standard InChI is InChI=1S/C16H17N3O3/c1-10-7-8-13-12(9-10)14(18-21-13)16(20)22-19-15(17)11-5-3-2-4-6-11/h2-6,10H,7-9H2,1H3,(H2,17,19). The van der Waals surface area contributed by atoms with Crippen LogP contribution in [0.3, 0.4) is 0 Å². The summed E-state index contributed by atoms with van der Waals surface area (Å²) in [5.74, 6) is 0.763. The summed E-state index contributed by atoms with van der Waals surface area (Å²) in [6.07, 6.45) is 2.60. The number of nitrogens with two attached hydrogens (primary N) is 1. The minimum absolute atomic E-state index is 0.139. The smallest absolute Gasteiger partial charge is 0.380 e. The van der Waals surface area contributed by atoms with Gasteiger partial charge in [0.1, 0.15) is 5.76 Å². The van der Waals surface area contributed by atoms with Crippen molar-refractivity contribution in [3.8, 4) is 0 Å². The quantitative estimate of drug-likeness (QED) is 0.406. The molecule has 6 heteroatoms. The highest BCUT2D eigenvalue weighted by molar-refractivity contribution is 5.98. The van der Waals surface area contributed by atoms with E-state index in [-0.39, 0.29) is 11.5 Å². The van der Waals surface area contributed by atoms with Gasteiger partial charge in [-0.05, 0) is 18.8 Å². The van der Waals surface area contributed by atoms with Gasteiger partial charge in [-0.15, -0.1) is 0 Å². The zero-order valence-electron chi connectivity index (χ0n) is 12.3. The van der Waals surface area contributed by atoms with E-state index in [9.17, 15) is 4.79 Å². The predicted molar refractivity (Wildman–Crippen MR) is 80.3 cm³/mol. The maximum absolute atomic E-state index is 12.1. The molecular weight excluding hydrogens is 282 g/mol. The fourth-order valence-corrected chi connectivity index (χ4v) is 2.53. The minimum Gasteiger partial charge on any atom is -0.380 e. The fraction of sp³-hybridized carbons (Fsp3) is 0.312. The highest BCUT2D eigenvalue weighted by Gasteiger charge is 2.28. The van der Waals surface area contributed by atoms with E-state index < -0.39 is 5.97 Å². The molecule has 0 amide bonds. The zero-order chi connectivity index (χ0) is 15.5. The maximum atomic E-state index is 12.1. The van der Waals surface area contributed by atoms with Crippen LogP contribution in [0.25, 0.3) is 0 Å². The van der Waals surface area contributed by atoms with Crippen molar-refractivity contribution in [2.24, 2.45) is 16.8 Å². The number of rotatable bonds is 3. The lowest BCUT2D eigenvalue weighted by Gasteiger charge is -2.15. The second-order valence-corrected chi connectivity index (χ2v) is 5.50. The molecule has 0 fully saturated rings. The summed E-state index contributed by atoms with van der Waals surface area (Å²) in [5.41, 5.74) is 7.50. The van der Waals surface area contributed by atoms with Gasteiger partial charge in [-0.25, -0.2) is 4.79 Å². The van der Waals surface area contributed by atoms with Crippen LogP contribution in [0.4, 0.5) is 0 Å². The molecule has 1 unspecified atom stereocenters. The number of aryl methyl sites for hydroxylation is 1. The minimum atomic E-state index is -0.641. The molecule has 0 aliphatic heterocycles. The number of benzene rings is 1. The molecule has 1 aromatic carbocycles. The summed E-state index contributed by atoms with van der Waals surface area (Å²) in [6.45, 7) is 2.14. The average molecular weight is 299 g/mol. The highest BCUT2D eigenvalue weighted by atomic mass is 16.7. The molecule has 1 aromatic heterocycles. The first-order valence-electron chi connectivity index (χ1n) is 7.23. The van der Waals surface area contributed by atoms with Gasteiger partial charge in [0, 0.05) is 17.5 Å².